The van der Waals surface area contributed by atoms with Gasteiger partial charge in [-0.1, -0.05) is 6.07 Å². The van der Waals surface area contributed by atoms with Crippen LogP contribution in [0.4, 0.5) is 11.5 Å². The lowest BCUT2D eigenvalue weighted by Crippen LogP contribution is -2.31. The molecule has 2 N–H and O–H groups in total. The lowest BCUT2D eigenvalue weighted by Gasteiger charge is -2.18. The molecule has 5 heterocycles. The molecule has 10 nitrogen and oxygen atoms in total. The summed E-state index contributed by atoms with van der Waals surface area (Å²) in [6, 6.07) is 9.61. The van der Waals surface area contributed by atoms with Crippen molar-refractivity contribution in [1.29, 1.82) is 0 Å². The number of nitrogens with one attached hydrogen (secondary N) is 2. The summed E-state index contributed by atoms with van der Waals surface area (Å²) in [4.78, 5) is 29.3. The minimum absolute atomic E-state index is 0.0301. The molecule has 1 aromatic carbocycles. The Kier molecular flexibility index (Phi) is 5.49. The summed E-state index contributed by atoms with van der Waals surface area (Å²) in [6.07, 6.45) is 4.11. The number of fused-ring (bicyclic) bond motifs is 9. The van der Waals surface area contributed by atoms with Crippen molar-refractivity contribution in [1.82, 2.24) is 20.3 Å². The average Bonchev–Trinajstić information content (AvgIpc) is 3.54. The molecule has 1 amide bonds. The number of benzene rings is 1. The molecule has 0 radical (unpaired) electrons. The second kappa shape index (κ2) is 8.71. The number of nitrogens with zero attached hydrogens (tertiary/aromatic N) is 4. The first-order valence-electron chi connectivity index (χ1n) is 11.4. The number of carbonyl (C=O) groups is 1. The van der Waals surface area contributed by atoms with Gasteiger partial charge in [0.15, 0.2) is 0 Å². The van der Waals surface area contributed by atoms with Crippen molar-refractivity contribution in [2.75, 3.05) is 36.4 Å². The van der Waals surface area contributed by atoms with Crippen LogP contribution in [0.3, 0.4) is 0 Å². The molecule has 8 bridgehead atoms. The molecule has 0 saturated carbocycles. The Morgan fingerprint density at radius 3 is 2.89 bits per heavy atom. The maximum Gasteiger partial charge on any atom is 0.262 e. The van der Waals surface area contributed by atoms with Gasteiger partial charge in [-0.3, -0.25) is 9.52 Å². The molecule has 2 aliphatic rings. The van der Waals surface area contributed by atoms with Crippen molar-refractivity contribution in [2.24, 2.45) is 5.92 Å². The number of rotatable bonds is 1. The van der Waals surface area contributed by atoms with E-state index < -0.39 is 10.0 Å². The first-order chi connectivity index (χ1) is 17.4. The van der Waals surface area contributed by atoms with Crippen LogP contribution in [0.1, 0.15) is 16.8 Å². The van der Waals surface area contributed by atoms with Crippen molar-refractivity contribution in [2.45, 2.75) is 11.3 Å². The van der Waals surface area contributed by atoms with Crippen molar-refractivity contribution in [3.63, 3.8) is 0 Å². The van der Waals surface area contributed by atoms with E-state index in [0.29, 0.717) is 6.54 Å². The standard InChI is InChI=1S/C24H22N6O4S2/c1-34-24-19-8-16(11-26-24)20-9-18-21(35-20)22(28-13-27-18)30-6-5-14(12-30)10-25-23(31)15-3-2-4-17(7-15)36(32,33)29-19/h2-4,7-9,11,13-14,29H,5-6,10,12H2,1H3,(H,25,31)/t14-/m0/s1. The Labute approximate surface area is 211 Å². The minimum Gasteiger partial charge on any atom is -0.480 e. The van der Waals surface area contributed by atoms with E-state index in [1.807, 2.05) is 6.07 Å². The molecule has 0 aliphatic carbocycles. The highest BCUT2D eigenvalue weighted by Crippen LogP contribution is 2.40. The number of carbonyl (C=O) groups excluding carboxylic acids is 1. The second-order valence-corrected chi connectivity index (χ2v) is 11.5. The first-order valence-corrected chi connectivity index (χ1v) is 13.7. The maximum atomic E-state index is 13.3. The van der Waals surface area contributed by atoms with Crippen LogP contribution in [0, 0.1) is 5.92 Å². The van der Waals surface area contributed by atoms with Crippen LogP contribution >= 0.6 is 11.3 Å². The summed E-state index contributed by atoms with van der Waals surface area (Å²) in [7, 11) is -2.60. The van der Waals surface area contributed by atoms with Gasteiger partial charge in [0.1, 0.15) is 17.8 Å². The summed E-state index contributed by atoms with van der Waals surface area (Å²) in [5.41, 5.74) is 1.99. The van der Waals surface area contributed by atoms with Gasteiger partial charge < -0.3 is 15.0 Å². The van der Waals surface area contributed by atoms with E-state index in [2.05, 4.69) is 29.9 Å². The number of amides is 1. The number of hydrogen-bond donors (Lipinski definition) is 2. The Morgan fingerprint density at radius 2 is 2.03 bits per heavy atom. The van der Waals surface area contributed by atoms with Gasteiger partial charge >= 0.3 is 0 Å². The van der Waals surface area contributed by atoms with Crippen molar-refractivity contribution in [3.8, 4) is 16.3 Å². The molecular weight excluding hydrogens is 500 g/mol. The summed E-state index contributed by atoms with van der Waals surface area (Å²) < 4.78 is 35.4. The summed E-state index contributed by atoms with van der Waals surface area (Å²) in [5.74, 6) is 0.927. The predicted molar refractivity (Wildman–Crippen MR) is 137 cm³/mol. The summed E-state index contributed by atoms with van der Waals surface area (Å²) in [5, 5.41) is 2.96. The smallest absolute Gasteiger partial charge is 0.262 e. The van der Waals surface area contributed by atoms with E-state index in [1.165, 1.54) is 30.6 Å². The summed E-state index contributed by atoms with van der Waals surface area (Å²) >= 11 is 1.53. The number of hydrogen-bond acceptors (Lipinski definition) is 9. The van der Waals surface area contributed by atoms with Crippen LogP contribution < -0.4 is 19.7 Å². The molecule has 0 unspecified atom stereocenters. The molecular formula is C24H22N6O4S2. The Morgan fingerprint density at radius 1 is 1.14 bits per heavy atom. The molecule has 1 fully saturated rings. The molecule has 12 heteroatoms. The van der Waals surface area contributed by atoms with E-state index in [4.69, 9.17) is 4.74 Å². The van der Waals surface area contributed by atoms with Gasteiger partial charge in [-0.15, -0.1) is 11.3 Å². The molecule has 0 spiro atoms. The third kappa shape index (κ3) is 4.01. The fourth-order valence-corrected chi connectivity index (χ4v) is 6.77. The number of sulfonamides is 1. The molecule has 184 valence electrons. The predicted octanol–water partition coefficient (Wildman–Crippen LogP) is 3.13. The topological polar surface area (TPSA) is 126 Å². The average molecular weight is 523 g/mol. The monoisotopic (exact) mass is 522 g/mol. The molecule has 1 atom stereocenters. The van der Waals surface area contributed by atoms with Gasteiger partial charge in [-0.05, 0) is 42.7 Å². The lowest BCUT2D eigenvalue weighted by molar-refractivity contribution is 0.0948. The largest absolute Gasteiger partial charge is 0.480 e. The molecule has 6 rings (SSSR count). The quantitative estimate of drug-likeness (QED) is 0.391. The van der Waals surface area contributed by atoms with Gasteiger partial charge in [0, 0.05) is 41.8 Å². The van der Waals surface area contributed by atoms with E-state index in [-0.39, 0.29) is 33.9 Å². The number of anilines is 2. The normalized spacial score (nSPS) is 18.9. The number of aromatic nitrogens is 3. The molecule has 2 aliphatic heterocycles. The number of thiophene rings is 1. The van der Waals surface area contributed by atoms with Gasteiger partial charge in [0.2, 0.25) is 5.88 Å². The number of ether oxygens (including phenoxy) is 1. The lowest BCUT2D eigenvalue weighted by atomic mass is 10.1. The zero-order valence-corrected chi connectivity index (χ0v) is 20.9. The SMILES string of the molecule is COc1ncc2cc1NS(=O)(=O)c1cccc(c1)C(=O)NC[C@@H]1CCN(C1)c1ncnc3cc-2sc13. The molecule has 4 aromatic rings. The van der Waals surface area contributed by atoms with Crippen LogP contribution in [-0.4, -0.2) is 56.0 Å². The number of methoxy groups -OCH3 is 1. The Hall–Kier alpha value is -3.77. The van der Waals surface area contributed by atoms with Crippen molar-refractivity contribution >= 4 is 49.0 Å². The fourth-order valence-electron chi connectivity index (χ4n) is 4.57. The van der Waals surface area contributed by atoms with E-state index in [9.17, 15) is 13.2 Å². The van der Waals surface area contributed by atoms with Gasteiger partial charge in [-0.2, -0.15) is 0 Å². The number of pyridine rings is 1. The highest BCUT2D eigenvalue weighted by Gasteiger charge is 2.27. The zero-order valence-electron chi connectivity index (χ0n) is 19.3. The Bertz CT molecular complexity index is 1600. The highest BCUT2D eigenvalue weighted by molar-refractivity contribution is 7.92. The van der Waals surface area contributed by atoms with Crippen LogP contribution in [-0.2, 0) is 10.0 Å². The Balaban J connectivity index is 1.51. The first kappa shape index (κ1) is 22.7. The molecule has 36 heavy (non-hydrogen) atoms. The van der Waals surface area contributed by atoms with Gasteiger partial charge in [0.05, 0.1) is 22.2 Å². The maximum absolute atomic E-state index is 13.3. The molecule has 3 aromatic heterocycles. The fraction of sp³-hybridized carbons (Fsp3) is 0.250. The molecule has 1 saturated heterocycles. The van der Waals surface area contributed by atoms with Gasteiger partial charge in [0.25, 0.3) is 15.9 Å². The van der Waals surface area contributed by atoms with Crippen LogP contribution in [0.25, 0.3) is 20.7 Å². The van der Waals surface area contributed by atoms with Gasteiger partial charge in [-0.25, -0.2) is 23.4 Å². The van der Waals surface area contributed by atoms with Crippen molar-refractivity contribution in [3.05, 3.63) is 54.5 Å². The van der Waals surface area contributed by atoms with Crippen molar-refractivity contribution < 1.29 is 17.9 Å². The van der Waals surface area contributed by atoms with Crippen LogP contribution in [0.2, 0.25) is 0 Å². The second-order valence-electron chi connectivity index (χ2n) is 8.75. The van der Waals surface area contributed by atoms with E-state index in [0.717, 1.165) is 46.0 Å². The van der Waals surface area contributed by atoms with Crippen LogP contribution in [0.15, 0.2) is 53.8 Å². The minimum atomic E-state index is -4.03. The summed E-state index contributed by atoms with van der Waals surface area (Å²) in [6.45, 7) is 2.07. The van der Waals surface area contributed by atoms with Crippen LogP contribution in [0.5, 0.6) is 5.88 Å². The highest BCUT2D eigenvalue weighted by atomic mass is 32.2. The van der Waals surface area contributed by atoms with E-state index in [1.54, 1.807) is 30.7 Å². The third-order valence-corrected chi connectivity index (χ3v) is 8.94. The third-order valence-electron chi connectivity index (χ3n) is 6.41. The zero-order chi connectivity index (χ0) is 24.9. The van der Waals surface area contributed by atoms with E-state index >= 15 is 0 Å².